The maximum absolute atomic E-state index is 14.4. The first-order valence-electron chi connectivity index (χ1n) is 22.6. The van der Waals surface area contributed by atoms with Gasteiger partial charge in [-0.05, 0) is 48.6 Å². The summed E-state index contributed by atoms with van der Waals surface area (Å²) in [5.74, 6) is -5.45. The number of aromatic nitrogens is 2. The number of carboxylic acid groups (broad SMARTS) is 1. The van der Waals surface area contributed by atoms with Crippen LogP contribution in [-0.2, 0) is 52.8 Å². The van der Waals surface area contributed by atoms with Crippen molar-refractivity contribution in [2.24, 2.45) is 5.73 Å². The molecular formula is C49H63N9O9. The molecule has 6 amide bonds. The number of aliphatic hydroxyl groups is 1. The van der Waals surface area contributed by atoms with Gasteiger partial charge < -0.3 is 57.0 Å². The molecule has 0 saturated heterocycles. The number of nitrogens with zero attached hydrogens (tertiary/aromatic N) is 2. The highest BCUT2D eigenvalue weighted by atomic mass is 16.4. The minimum Gasteiger partial charge on any atom is -0.480 e. The summed E-state index contributed by atoms with van der Waals surface area (Å²) in [4.78, 5) is 104. The molecule has 358 valence electrons. The number of para-hydroxylation sites is 2. The molecule has 3 aromatic carbocycles. The molecule has 0 saturated carbocycles. The molecule has 10 N–H and O–H groups in total. The van der Waals surface area contributed by atoms with Gasteiger partial charge in [-0.3, -0.25) is 28.8 Å². The number of hydrogen-bond donors (Lipinski definition) is 9. The summed E-state index contributed by atoms with van der Waals surface area (Å²) in [5, 5.41) is 33.1. The van der Waals surface area contributed by atoms with Crippen molar-refractivity contribution in [3.05, 3.63) is 108 Å². The second kappa shape index (κ2) is 24.5. The van der Waals surface area contributed by atoms with E-state index in [9.17, 15) is 43.8 Å². The number of carboxylic acids is 1. The van der Waals surface area contributed by atoms with Crippen LogP contribution in [0.15, 0.2) is 91.3 Å². The number of fused-ring (bicyclic) bond motifs is 2. The summed E-state index contributed by atoms with van der Waals surface area (Å²) in [7, 11) is 1.35. The summed E-state index contributed by atoms with van der Waals surface area (Å²) >= 11 is 0. The van der Waals surface area contributed by atoms with Crippen LogP contribution in [0.25, 0.3) is 21.8 Å². The van der Waals surface area contributed by atoms with Gasteiger partial charge in [0.15, 0.2) is 0 Å². The van der Waals surface area contributed by atoms with E-state index in [2.05, 4.69) is 31.2 Å². The smallest absolute Gasteiger partial charge is 0.326 e. The van der Waals surface area contributed by atoms with Crippen molar-refractivity contribution >= 4 is 63.2 Å². The number of aliphatic hydroxyl groups excluding tert-OH is 1. The zero-order valence-electron chi connectivity index (χ0n) is 38.4. The monoisotopic (exact) mass is 921 g/mol. The van der Waals surface area contributed by atoms with Gasteiger partial charge in [0, 0.05) is 67.1 Å². The second-order valence-corrected chi connectivity index (χ2v) is 16.8. The predicted molar refractivity (Wildman–Crippen MR) is 253 cm³/mol. The van der Waals surface area contributed by atoms with Crippen LogP contribution in [0.5, 0.6) is 0 Å². The van der Waals surface area contributed by atoms with E-state index >= 15 is 0 Å². The van der Waals surface area contributed by atoms with Gasteiger partial charge in [-0.15, -0.1) is 0 Å². The lowest BCUT2D eigenvalue weighted by atomic mass is 10.0. The van der Waals surface area contributed by atoms with Gasteiger partial charge in [0.25, 0.3) is 0 Å². The molecule has 0 aliphatic heterocycles. The fourth-order valence-electron chi connectivity index (χ4n) is 7.88. The Morgan fingerprint density at radius 3 is 1.66 bits per heavy atom. The molecule has 2 heterocycles. The largest absolute Gasteiger partial charge is 0.480 e. The highest BCUT2D eigenvalue weighted by Gasteiger charge is 2.35. The topological polar surface area (TPSA) is 272 Å². The van der Waals surface area contributed by atoms with Crippen LogP contribution in [0.4, 0.5) is 0 Å². The zero-order valence-corrected chi connectivity index (χ0v) is 38.4. The van der Waals surface area contributed by atoms with Crippen LogP contribution in [0, 0.1) is 0 Å². The van der Waals surface area contributed by atoms with Crippen LogP contribution in [0.3, 0.4) is 0 Å². The Morgan fingerprint density at radius 1 is 0.657 bits per heavy atom. The Morgan fingerprint density at radius 2 is 1.15 bits per heavy atom. The molecule has 0 aliphatic carbocycles. The molecule has 18 heteroatoms. The van der Waals surface area contributed by atoms with Crippen molar-refractivity contribution in [3.63, 3.8) is 0 Å². The van der Waals surface area contributed by atoms with Crippen molar-refractivity contribution in [1.82, 2.24) is 41.0 Å². The highest BCUT2D eigenvalue weighted by Crippen LogP contribution is 2.21. The minimum absolute atomic E-state index is 0.0255. The number of amides is 6. The SMILES string of the molecule is CCCC[C@H](NC(=O)[C@H](Cc1c[nH]c2ccccc12)NC(=O)[C@H](C)N)C(=O)N[C@@H](Cc1c[nH]c2ccccc12)C(=O)N[C@@H](CO)C(=O)N(CCC)CC(=O)N(C)[C@@H](Cc1ccccc1)C(=O)O. The van der Waals surface area contributed by atoms with E-state index in [4.69, 9.17) is 5.73 Å². The van der Waals surface area contributed by atoms with Gasteiger partial charge in [-0.2, -0.15) is 0 Å². The van der Waals surface area contributed by atoms with Crippen LogP contribution >= 0.6 is 0 Å². The van der Waals surface area contributed by atoms with Crippen molar-refractivity contribution in [3.8, 4) is 0 Å². The highest BCUT2D eigenvalue weighted by molar-refractivity contribution is 5.97. The number of aliphatic carboxylic acids is 1. The number of benzene rings is 3. The maximum Gasteiger partial charge on any atom is 0.326 e. The molecule has 0 bridgehead atoms. The third-order valence-electron chi connectivity index (χ3n) is 11.7. The molecule has 6 atom stereocenters. The fourth-order valence-corrected chi connectivity index (χ4v) is 7.88. The van der Waals surface area contributed by atoms with E-state index in [1.807, 2.05) is 55.5 Å². The lowest BCUT2D eigenvalue weighted by Crippen LogP contribution is -2.60. The summed E-state index contributed by atoms with van der Waals surface area (Å²) < 4.78 is 0. The van der Waals surface area contributed by atoms with Crippen molar-refractivity contribution in [1.29, 1.82) is 0 Å². The summed E-state index contributed by atoms with van der Waals surface area (Å²) in [6, 6.07) is 16.3. The lowest BCUT2D eigenvalue weighted by Gasteiger charge is -2.31. The van der Waals surface area contributed by atoms with Crippen molar-refractivity contribution < 1.29 is 43.8 Å². The Balaban J connectivity index is 1.37. The molecule has 5 aromatic rings. The summed E-state index contributed by atoms with van der Waals surface area (Å²) in [6.45, 7) is 3.82. The molecule has 0 radical (unpaired) electrons. The Hall–Kier alpha value is -7.05. The number of rotatable bonds is 25. The quantitative estimate of drug-likeness (QED) is 0.0412. The average molecular weight is 922 g/mol. The normalized spacial score (nSPS) is 13.9. The third-order valence-corrected chi connectivity index (χ3v) is 11.7. The molecular weight excluding hydrogens is 859 g/mol. The summed E-state index contributed by atoms with van der Waals surface area (Å²) in [6.07, 6.45) is 5.22. The number of carbonyl (C=O) groups excluding carboxylic acids is 6. The van der Waals surface area contributed by atoms with E-state index in [0.717, 1.165) is 37.2 Å². The zero-order chi connectivity index (χ0) is 48.6. The van der Waals surface area contributed by atoms with E-state index in [0.29, 0.717) is 30.4 Å². The second-order valence-electron chi connectivity index (χ2n) is 16.8. The number of carbonyl (C=O) groups is 7. The molecule has 0 spiro atoms. The van der Waals surface area contributed by atoms with E-state index in [1.165, 1.54) is 14.0 Å². The fraction of sp³-hybridized carbons (Fsp3) is 0.408. The van der Waals surface area contributed by atoms with E-state index in [1.54, 1.807) is 49.6 Å². The first-order valence-corrected chi connectivity index (χ1v) is 22.6. The number of unbranched alkanes of at least 4 members (excludes halogenated alkanes) is 1. The minimum atomic E-state index is -1.56. The lowest BCUT2D eigenvalue weighted by molar-refractivity contribution is -0.151. The third kappa shape index (κ3) is 13.7. The first-order chi connectivity index (χ1) is 32.1. The molecule has 0 unspecified atom stereocenters. The van der Waals surface area contributed by atoms with Crippen LogP contribution in [-0.4, -0.2) is 134 Å². The maximum atomic E-state index is 14.4. The first kappa shape index (κ1) is 50.9. The van der Waals surface area contributed by atoms with Crippen LogP contribution in [0.2, 0.25) is 0 Å². The molecule has 18 nitrogen and oxygen atoms in total. The van der Waals surface area contributed by atoms with Crippen LogP contribution in [0.1, 0.15) is 63.1 Å². The number of H-pyrrole nitrogens is 2. The van der Waals surface area contributed by atoms with Gasteiger partial charge in [0.05, 0.1) is 19.2 Å². The number of likely N-dealkylation sites (N-methyl/N-ethyl adjacent to an activating group) is 1. The molecule has 0 fully saturated rings. The van der Waals surface area contributed by atoms with Crippen LogP contribution < -0.4 is 27.0 Å². The Labute approximate surface area is 389 Å². The molecule has 5 rings (SSSR count). The standard InChI is InChI=1S/C49H63N9O9/c1-5-7-19-38(53-46(63)39(54-44(61)30(3)50)24-32-26-51-36-20-13-11-17-34(32)36)45(62)55-40(25-33-27-52-37-21-14-12-18-35(33)37)47(64)56-41(29-59)48(65)58(22-6-2)28-43(60)57(4)42(49(66)67)23-31-15-9-8-10-16-31/h8-18,20-21,26-27,30,38-42,51-52,59H,5-7,19,22-25,28-29,50H2,1-4H3,(H,53,63)(H,54,61)(H,55,62)(H,56,64)(H,66,67)/t30-,38-,39-,40-,41-,42-/m0/s1. The van der Waals surface area contributed by atoms with Crippen molar-refractivity contribution in [2.45, 2.75) is 102 Å². The van der Waals surface area contributed by atoms with Crippen molar-refractivity contribution in [2.75, 3.05) is 26.7 Å². The Kier molecular flexibility index (Phi) is 18.6. The van der Waals surface area contributed by atoms with E-state index < -0.39 is 90.8 Å². The van der Waals surface area contributed by atoms with Gasteiger partial charge in [0.1, 0.15) is 30.2 Å². The average Bonchev–Trinajstić information content (AvgIpc) is 3.93. The summed E-state index contributed by atoms with van der Waals surface area (Å²) in [5.41, 5.74) is 9.59. The van der Waals surface area contributed by atoms with Gasteiger partial charge in [0.2, 0.25) is 35.4 Å². The van der Waals surface area contributed by atoms with Gasteiger partial charge in [-0.1, -0.05) is 93.4 Å². The number of hydrogen-bond acceptors (Lipinski definition) is 9. The molecule has 0 aliphatic rings. The molecule has 2 aromatic heterocycles. The van der Waals surface area contributed by atoms with Gasteiger partial charge >= 0.3 is 5.97 Å². The van der Waals surface area contributed by atoms with E-state index in [-0.39, 0.29) is 32.2 Å². The Bertz CT molecular complexity index is 2490. The molecule has 67 heavy (non-hydrogen) atoms. The number of nitrogens with two attached hydrogens (primary N) is 1. The van der Waals surface area contributed by atoms with Gasteiger partial charge in [-0.25, -0.2) is 4.79 Å². The predicted octanol–water partition coefficient (Wildman–Crippen LogP) is 2.30. The number of aromatic amines is 2. The number of nitrogens with one attached hydrogen (secondary N) is 6.